The lowest BCUT2D eigenvalue weighted by molar-refractivity contribution is -0.129. The van der Waals surface area contributed by atoms with E-state index in [0.29, 0.717) is 18.4 Å². The van der Waals surface area contributed by atoms with E-state index in [1.807, 2.05) is 7.11 Å². The number of hydrogen-bond donors (Lipinski definition) is 2. The SMILES string of the molecule is COC(C1CCCCC1)C(C)(C)CCCCC(=O)NO. The molecule has 1 rings (SSSR count). The summed E-state index contributed by atoms with van der Waals surface area (Å²) in [6.45, 7) is 4.56. The molecule has 2 N–H and O–H groups in total. The average molecular weight is 285 g/mol. The summed E-state index contributed by atoms with van der Waals surface area (Å²) in [4.78, 5) is 11.0. The summed E-state index contributed by atoms with van der Waals surface area (Å²) >= 11 is 0. The zero-order valence-electron chi connectivity index (χ0n) is 13.3. The van der Waals surface area contributed by atoms with Crippen molar-refractivity contribution in [3.05, 3.63) is 0 Å². The number of ether oxygens (including phenoxy) is 1. The van der Waals surface area contributed by atoms with Crippen LogP contribution in [0, 0.1) is 11.3 Å². The van der Waals surface area contributed by atoms with Crippen molar-refractivity contribution in [2.45, 2.75) is 77.7 Å². The van der Waals surface area contributed by atoms with Crippen molar-refractivity contribution < 1.29 is 14.7 Å². The van der Waals surface area contributed by atoms with E-state index in [-0.39, 0.29) is 11.3 Å². The van der Waals surface area contributed by atoms with Gasteiger partial charge in [-0.25, -0.2) is 5.48 Å². The molecule has 1 amide bonds. The largest absolute Gasteiger partial charge is 0.381 e. The standard InChI is InChI=1S/C16H31NO3/c1-16(2,12-8-7-11-14(18)17-19)15(20-3)13-9-5-4-6-10-13/h13,15,19H,4-12H2,1-3H3,(H,17,18). The maximum atomic E-state index is 11.0. The van der Waals surface area contributed by atoms with Gasteiger partial charge in [0.2, 0.25) is 5.91 Å². The Morgan fingerprint density at radius 1 is 1.30 bits per heavy atom. The van der Waals surface area contributed by atoms with Crippen LogP contribution in [0.15, 0.2) is 0 Å². The minimum Gasteiger partial charge on any atom is -0.381 e. The van der Waals surface area contributed by atoms with Crippen LogP contribution in [0.2, 0.25) is 0 Å². The number of carbonyl (C=O) groups excluding carboxylic acids is 1. The molecule has 1 atom stereocenters. The van der Waals surface area contributed by atoms with E-state index in [1.165, 1.54) is 32.1 Å². The number of hydroxylamine groups is 1. The Morgan fingerprint density at radius 2 is 1.95 bits per heavy atom. The second-order valence-corrected chi connectivity index (χ2v) is 6.79. The van der Waals surface area contributed by atoms with E-state index >= 15 is 0 Å². The third-order valence-corrected chi connectivity index (χ3v) is 4.70. The van der Waals surface area contributed by atoms with Gasteiger partial charge in [-0.15, -0.1) is 0 Å². The number of hydrogen-bond acceptors (Lipinski definition) is 3. The Kier molecular flexibility index (Phi) is 7.52. The van der Waals surface area contributed by atoms with Crippen molar-refractivity contribution in [2.75, 3.05) is 7.11 Å². The number of nitrogens with one attached hydrogen (secondary N) is 1. The molecule has 0 bridgehead atoms. The van der Waals surface area contributed by atoms with Crippen molar-refractivity contribution in [3.8, 4) is 0 Å². The zero-order chi connectivity index (χ0) is 15.0. The maximum Gasteiger partial charge on any atom is 0.243 e. The lowest BCUT2D eigenvalue weighted by Gasteiger charge is -2.40. The fraction of sp³-hybridized carbons (Fsp3) is 0.938. The van der Waals surface area contributed by atoms with Gasteiger partial charge in [0.15, 0.2) is 0 Å². The number of carbonyl (C=O) groups is 1. The molecule has 0 aromatic rings. The lowest BCUT2D eigenvalue weighted by Crippen LogP contribution is -2.38. The Bertz CT molecular complexity index is 285. The molecule has 1 saturated carbocycles. The molecule has 0 radical (unpaired) electrons. The van der Waals surface area contributed by atoms with Crippen LogP contribution >= 0.6 is 0 Å². The van der Waals surface area contributed by atoms with Crippen LogP contribution in [0.3, 0.4) is 0 Å². The average Bonchev–Trinajstić information content (AvgIpc) is 2.45. The normalized spacial score (nSPS) is 18.8. The van der Waals surface area contributed by atoms with E-state index in [0.717, 1.165) is 19.3 Å². The molecule has 1 unspecified atom stereocenters. The Balaban J connectivity index is 2.40. The van der Waals surface area contributed by atoms with E-state index in [2.05, 4.69) is 13.8 Å². The highest BCUT2D eigenvalue weighted by Crippen LogP contribution is 2.39. The molecule has 1 aliphatic rings. The topological polar surface area (TPSA) is 58.6 Å². The number of methoxy groups -OCH3 is 1. The molecule has 0 aromatic carbocycles. The molecule has 1 aliphatic carbocycles. The summed E-state index contributed by atoms with van der Waals surface area (Å²) in [5.41, 5.74) is 1.83. The van der Waals surface area contributed by atoms with E-state index in [9.17, 15) is 4.79 Å². The van der Waals surface area contributed by atoms with Crippen molar-refractivity contribution in [1.29, 1.82) is 0 Å². The highest BCUT2D eigenvalue weighted by molar-refractivity contribution is 5.74. The first kappa shape index (κ1) is 17.4. The van der Waals surface area contributed by atoms with Crippen molar-refractivity contribution in [1.82, 2.24) is 5.48 Å². The van der Waals surface area contributed by atoms with Crippen molar-refractivity contribution in [2.24, 2.45) is 11.3 Å². The summed E-state index contributed by atoms with van der Waals surface area (Å²) in [6.07, 6.45) is 10.2. The fourth-order valence-corrected chi connectivity index (χ4v) is 3.65. The second-order valence-electron chi connectivity index (χ2n) is 6.79. The van der Waals surface area contributed by atoms with Gasteiger partial charge in [0.1, 0.15) is 0 Å². The minimum atomic E-state index is -0.293. The van der Waals surface area contributed by atoms with Gasteiger partial charge in [-0.2, -0.15) is 0 Å². The van der Waals surface area contributed by atoms with E-state index in [4.69, 9.17) is 9.94 Å². The van der Waals surface area contributed by atoms with Crippen LogP contribution < -0.4 is 5.48 Å². The maximum absolute atomic E-state index is 11.0. The van der Waals surface area contributed by atoms with Crippen molar-refractivity contribution >= 4 is 5.91 Å². The Morgan fingerprint density at radius 3 is 2.50 bits per heavy atom. The summed E-state index contributed by atoms with van der Waals surface area (Å²) < 4.78 is 5.83. The third-order valence-electron chi connectivity index (χ3n) is 4.70. The Labute approximate surface area is 123 Å². The van der Waals surface area contributed by atoms with Crippen LogP contribution in [0.5, 0.6) is 0 Å². The van der Waals surface area contributed by atoms with Crippen molar-refractivity contribution in [3.63, 3.8) is 0 Å². The molecular weight excluding hydrogens is 254 g/mol. The quantitative estimate of drug-likeness (QED) is 0.406. The van der Waals surface area contributed by atoms with Crippen LogP contribution in [-0.2, 0) is 9.53 Å². The van der Waals surface area contributed by atoms with Gasteiger partial charge >= 0.3 is 0 Å². The summed E-state index contributed by atoms with van der Waals surface area (Å²) in [5.74, 6) is 0.392. The molecule has 0 aromatic heterocycles. The number of unbranched alkanes of at least 4 members (excludes halogenated alkanes) is 1. The molecule has 0 saturated heterocycles. The molecular formula is C16H31NO3. The minimum absolute atomic E-state index is 0.145. The Hall–Kier alpha value is -0.610. The fourth-order valence-electron chi connectivity index (χ4n) is 3.65. The molecule has 4 heteroatoms. The van der Waals surface area contributed by atoms with Gasteiger partial charge < -0.3 is 4.74 Å². The highest BCUT2D eigenvalue weighted by Gasteiger charge is 2.35. The first-order chi connectivity index (χ1) is 9.51. The molecule has 0 aliphatic heterocycles. The van der Waals surface area contributed by atoms with Gasteiger partial charge in [0.05, 0.1) is 6.10 Å². The zero-order valence-corrected chi connectivity index (χ0v) is 13.3. The van der Waals surface area contributed by atoms with Crippen LogP contribution in [0.4, 0.5) is 0 Å². The molecule has 1 fully saturated rings. The van der Waals surface area contributed by atoms with Crippen LogP contribution in [0.1, 0.15) is 71.6 Å². The summed E-state index contributed by atoms with van der Waals surface area (Å²) in [7, 11) is 1.83. The summed E-state index contributed by atoms with van der Waals surface area (Å²) in [5, 5.41) is 8.47. The smallest absolute Gasteiger partial charge is 0.243 e. The lowest BCUT2D eigenvalue weighted by atomic mass is 9.71. The third kappa shape index (κ3) is 5.41. The predicted molar refractivity (Wildman–Crippen MR) is 79.6 cm³/mol. The number of amides is 1. The van der Waals surface area contributed by atoms with Gasteiger partial charge in [0, 0.05) is 13.5 Å². The first-order valence-electron chi connectivity index (χ1n) is 7.97. The molecule has 118 valence electrons. The van der Waals surface area contributed by atoms with Gasteiger partial charge in [-0.1, -0.05) is 39.5 Å². The highest BCUT2D eigenvalue weighted by atomic mass is 16.5. The van der Waals surface area contributed by atoms with Gasteiger partial charge in [-0.3, -0.25) is 10.0 Å². The predicted octanol–water partition coefficient (Wildman–Crippen LogP) is 3.67. The molecule has 0 heterocycles. The monoisotopic (exact) mass is 285 g/mol. The number of rotatable bonds is 8. The molecule has 4 nitrogen and oxygen atoms in total. The molecule has 20 heavy (non-hydrogen) atoms. The molecule has 0 spiro atoms. The van der Waals surface area contributed by atoms with E-state index in [1.54, 1.807) is 5.48 Å². The van der Waals surface area contributed by atoms with Gasteiger partial charge in [0.25, 0.3) is 0 Å². The van der Waals surface area contributed by atoms with Crippen LogP contribution in [-0.4, -0.2) is 24.3 Å². The first-order valence-corrected chi connectivity index (χ1v) is 7.97. The second kappa shape index (κ2) is 8.63. The summed E-state index contributed by atoms with van der Waals surface area (Å²) in [6, 6.07) is 0. The van der Waals surface area contributed by atoms with Gasteiger partial charge in [-0.05, 0) is 37.0 Å². The van der Waals surface area contributed by atoms with Crippen LogP contribution in [0.25, 0.3) is 0 Å². The van der Waals surface area contributed by atoms with E-state index < -0.39 is 0 Å².